The van der Waals surface area contributed by atoms with E-state index in [2.05, 4.69) is 219 Å². The van der Waals surface area contributed by atoms with Gasteiger partial charge in [0.25, 0.3) is 0 Å². The van der Waals surface area contributed by atoms with Crippen LogP contribution in [0.4, 0.5) is 17.1 Å². The van der Waals surface area contributed by atoms with Crippen molar-refractivity contribution in [1.29, 1.82) is 0 Å². The molecule has 0 heterocycles. The van der Waals surface area contributed by atoms with Crippen molar-refractivity contribution >= 4 is 38.6 Å². The summed E-state index contributed by atoms with van der Waals surface area (Å²) in [6.07, 6.45) is 0. The van der Waals surface area contributed by atoms with E-state index < -0.39 is 0 Å². The smallest absolute Gasteiger partial charge is 0.0546 e. The minimum Gasteiger partial charge on any atom is -0.310 e. The fourth-order valence-corrected chi connectivity index (χ4v) is 8.85. The molecule has 54 heavy (non-hydrogen) atoms. The monoisotopic (exact) mass is 689 g/mol. The number of benzene rings is 9. The van der Waals surface area contributed by atoms with Crippen LogP contribution < -0.4 is 4.90 Å². The Morgan fingerprint density at radius 1 is 0.352 bits per heavy atom. The molecule has 0 N–H and O–H groups in total. The van der Waals surface area contributed by atoms with Crippen LogP contribution in [0.3, 0.4) is 0 Å². The minimum absolute atomic E-state index is 0.131. The summed E-state index contributed by atoms with van der Waals surface area (Å²) in [6, 6.07) is 73.5. The molecule has 9 aromatic rings. The Morgan fingerprint density at radius 2 is 0.944 bits per heavy atom. The van der Waals surface area contributed by atoms with E-state index in [4.69, 9.17) is 0 Å². The maximum Gasteiger partial charge on any atom is 0.0546 e. The van der Waals surface area contributed by atoms with Crippen molar-refractivity contribution < 1.29 is 0 Å². The van der Waals surface area contributed by atoms with E-state index in [-0.39, 0.29) is 5.41 Å². The van der Waals surface area contributed by atoms with Gasteiger partial charge in [0.1, 0.15) is 0 Å². The second kappa shape index (κ2) is 12.8. The zero-order valence-electron chi connectivity index (χ0n) is 30.5. The van der Waals surface area contributed by atoms with Crippen molar-refractivity contribution in [3.8, 4) is 44.5 Å². The molecule has 10 rings (SSSR count). The molecule has 0 bridgehead atoms. The molecular weight excluding hydrogens is 651 g/mol. The number of rotatable bonds is 6. The summed E-state index contributed by atoms with van der Waals surface area (Å²) in [5.41, 5.74) is 15.8. The van der Waals surface area contributed by atoms with Gasteiger partial charge >= 0.3 is 0 Å². The van der Waals surface area contributed by atoms with Crippen LogP contribution in [0, 0.1) is 0 Å². The first kappa shape index (κ1) is 32.0. The number of fused-ring (bicyclic) bond motifs is 6. The van der Waals surface area contributed by atoms with Crippen LogP contribution in [0.1, 0.15) is 25.0 Å². The lowest BCUT2D eigenvalue weighted by Gasteiger charge is -2.31. The first-order chi connectivity index (χ1) is 26.6. The van der Waals surface area contributed by atoms with Gasteiger partial charge in [0.05, 0.1) is 5.69 Å². The summed E-state index contributed by atoms with van der Waals surface area (Å²) in [4.78, 5) is 2.49. The van der Waals surface area contributed by atoms with Crippen LogP contribution in [0.25, 0.3) is 66.1 Å². The summed E-state index contributed by atoms with van der Waals surface area (Å²) >= 11 is 0. The molecule has 0 saturated heterocycles. The topological polar surface area (TPSA) is 3.24 Å². The second-order valence-electron chi connectivity index (χ2n) is 14.9. The Kier molecular flexibility index (Phi) is 7.56. The maximum atomic E-state index is 2.49. The predicted octanol–water partition coefficient (Wildman–Crippen LogP) is 14.8. The van der Waals surface area contributed by atoms with Crippen LogP contribution in [0.5, 0.6) is 0 Å². The van der Waals surface area contributed by atoms with Gasteiger partial charge in [-0.15, -0.1) is 0 Å². The van der Waals surface area contributed by atoms with Crippen LogP contribution in [-0.2, 0) is 5.41 Å². The molecular formula is C53H39N. The highest BCUT2D eigenvalue weighted by atomic mass is 15.1. The fourth-order valence-electron chi connectivity index (χ4n) is 8.85. The molecule has 0 aromatic heterocycles. The Hall–Kier alpha value is -6.70. The lowest BCUT2D eigenvalue weighted by Crippen LogP contribution is -2.17. The summed E-state index contributed by atoms with van der Waals surface area (Å²) in [5.74, 6) is 0. The van der Waals surface area contributed by atoms with Crippen molar-refractivity contribution in [2.24, 2.45) is 0 Å². The lowest BCUT2D eigenvalue weighted by molar-refractivity contribution is 0.660. The average molecular weight is 690 g/mol. The van der Waals surface area contributed by atoms with Crippen molar-refractivity contribution in [1.82, 2.24) is 0 Å². The molecule has 256 valence electrons. The van der Waals surface area contributed by atoms with Gasteiger partial charge in [-0.05, 0) is 108 Å². The van der Waals surface area contributed by atoms with E-state index in [9.17, 15) is 0 Å². The number of anilines is 3. The average Bonchev–Trinajstić information content (AvgIpc) is 3.46. The van der Waals surface area contributed by atoms with Crippen LogP contribution in [0.15, 0.2) is 200 Å². The predicted molar refractivity (Wildman–Crippen MR) is 230 cm³/mol. The van der Waals surface area contributed by atoms with Gasteiger partial charge in [0.2, 0.25) is 0 Å². The van der Waals surface area contributed by atoms with E-state index in [1.54, 1.807) is 0 Å². The molecule has 0 saturated carbocycles. The third kappa shape index (κ3) is 5.16. The number of nitrogens with zero attached hydrogens (tertiary/aromatic N) is 1. The van der Waals surface area contributed by atoms with E-state index in [0.717, 1.165) is 17.1 Å². The van der Waals surface area contributed by atoms with Crippen molar-refractivity contribution in [3.05, 3.63) is 211 Å². The highest BCUT2D eigenvalue weighted by Crippen LogP contribution is 2.52. The maximum absolute atomic E-state index is 2.49. The summed E-state index contributed by atoms with van der Waals surface area (Å²) in [5, 5.41) is 5.03. The van der Waals surface area contributed by atoms with Gasteiger partial charge in [-0.25, -0.2) is 0 Å². The van der Waals surface area contributed by atoms with Gasteiger partial charge < -0.3 is 4.90 Å². The molecule has 0 fully saturated rings. The molecule has 1 aliphatic rings. The van der Waals surface area contributed by atoms with Gasteiger partial charge in [0, 0.05) is 22.4 Å². The van der Waals surface area contributed by atoms with Crippen molar-refractivity contribution in [2.45, 2.75) is 19.3 Å². The normalized spacial score (nSPS) is 12.8. The SMILES string of the molecule is CC1(C)c2ccccc2-c2ccc(N(c3cccc(-c4ccccc4)c3)c3cccc(-c4cc5ccccc5c5ccccc45)c3-c3ccccc3)cc21. The third-order valence-corrected chi connectivity index (χ3v) is 11.4. The minimum atomic E-state index is -0.131. The van der Waals surface area contributed by atoms with Crippen LogP contribution in [0.2, 0.25) is 0 Å². The molecule has 0 radical (unpaired) electrons. The molecule has 0 spiro atoms. The number of hydrogen-bond acceptors (Lipinski definition) is 1. The molecule has 0 unspecified atom stereocenters. The van der Waals surface area contributed by atoms with Gasteiger partial charge in [0.15, 0.2) is 0 Å². The first-order valence-electron chi connectivity index (χ1n) is 18.9. The Labute approximate surface area is 317 Å². The third-order valence-electron chi connectivity index (χ3n) is 11.4. The zero-order chi connectivity index (χ0) is 36.2. The highest BCUT2D eigenvalue weighted by Gasteiger charge is 2.36. The summed E-state index contributed by atoms with van der Waals surface area (Å²) < 4.78 is 0. The van der Waals surface area contributed by atoms with E-state index in [1.807, 2.05) is 0 Å². The molecule has 1 aliphatic carbocycles. The zero-order valence-corrected chi connectivity index (χ0v) is 30.5. The Balaban J connectivity index is 1.27. The van der Waals surface area contributed by atoms with Crippen molar-refractivity contribution in [2.75, 3.05) is 4.90 Å². The second-order valence-corrected chi connectivity index (χ2v) is 14.9. The van der Waals surface area contributed by atoms with E-state index in [1.165, 1.54) is 77.2 Å². The first-order valence-corrected chi connectivity index (χ1v) is 18.9. The highest BCUT2D eigenvalue weighted by molar-refractivity contribution is 6.15. The quantitative estimate of drug-likeness (QED) is 0.157. The standard InChI is InChI=1S/C53H39N/c1-53(2)49-29-14-13-27-45(49)46-32-31-41(35-50(46)53)54(40-23-15-22-38(33-40)36-17-5-3-6-18-36)51-30-16-28-47(52(51)37-19-7-4-8-20-37)48-34-39-21-9-10-24-42(39)43-25-11-12-26-44(43)48/h3-35H,1-2H3. The van der Waals surface area contributed by atoms with E-state index >= 15 is 0 Å². The van der Waals surface area contributed by atoms with Crippen molar-refractivity contribution in [3.63, 3.8) is 0 Å². The number of hydrogen-bond donors (Lipinski definition) is 0. The molecule has 0 aliphatic heterocycles. The molecule has 0 atom stereocenters. The molecule has 1 heteroatoms. The largest absolute Gasteiger partial charge is 0.310 e. The fraction of sp³-hybridized carbons (Fsp3) is 0.0566. The van der Waals surface area contributed by atoms with E-state index in [0.29, 0.717) is 0 Å². The van der Waals surface area contributed by atoms with Gasteiger partial charge in [-0.1, -0.05) is 178 Å². The Morgan fingerprint density at radius 3 is 1.76 bits per heavy atom. The molecule has 9 aromatic carbocycles. The van der Waals surface area contributed by atoms with Crippen LogP contribution >= 0.6 is 0 Å². The van der Waals surface area contributed by atoms with Gasteiger partial charge in [-0.3, -0.25) is 0 Å². The van der Waals surface area contributed by atoms with Gasteiger partial charge in [-0.2, -0.15) is 0 Å². The molecule has 0 amide bonds. The Bertz CT molecular complexity index is 2850. The molecule has 1 nitrogen and oxygen atoms in total. The van der Waals surface area contributed by atoms with Crippen LogP contribution in [-0.4, -0.2) is 0 Å². The summed E-state index contributed by atoms with van der Waals surface area (Å²) in [7, 11) is 0. The summed E-state index contributed by atoms with van der Waals surface area (Å²) in [6.45, 7) is 4.73. The lowest BCUT2D eigenvalue weighted by atomic mass is 9.82.